The third-order valence-electron chi connectivity index (χ3n) is 2.97. The lowest BCUT2D eigenvalue weighted by molar-refractivity contribution is -0.286. The number of phenolic OH excluding ortho intramolecular Hbond substituents is 2. The van der Waals surface area contributed by atoms with E-state index in [-0.39, 0.29) is 11.5 Å². The summed E-state index contributed by atoms with van der Waals surface area (Å²) in [5.74, 6) is -5.11. The Morgan fingerprint density at radius 3 is 1.68 bits per heavy atom. The Labute approximate surface area is 138 Å². The molecule has 0 aliphatic carbocycles. The van der Waals surface area contributed by atoms with Gasteiger partial charge < -0.3 is 21.7 Å². The van der Waals surface area contributed by atoms with Crippen LogP contribution in [0.2, 0.25) is 0 Å². The normalized spacial score (nSPS) is 11.6. The molecule has 0 fully saturated rings. The Morgan fingerprint density at radius 2 is 1.28 bits per heavy atom. The van der Waals surface area contributed by atoms with Gasteiger partial charge in [-0.2, -0.15) is 22.0 Å². The fraction of sp³-hybridized carbons (Fsp3) is 0.200. The summed E-state index contributed by atoms with van der Waals surface area (Å²) in [5.41, 5.74) is 13.3. The number of nitrogens with two attached hydrogens (primary N) is 2. The maximum atomic E-state index is 11.2. The number of hydrogen-bond acceptors (Lipinski definition) is 4. The highest BCUT2D eigenvalue weighted by atomic mass is 19.4. The molecule has 138 valence electrons. The average molecular weight is 368 g/mol. The van der Waals surface area contributed by atoms with E-state index in [0.29, 0.717) is 11.4 Å². The maximum absolute atomic E-state index is 11.2. The van der Waals surface area contributed by atoms with Crippen LogP contribution in [0.5, 0.6) is 11.5 Å². The van der Waals surface area contributed by atoms with Crippen molar-refractivity contribution in [3.05, 3.63) is 36.4 Å². The minimum Gasteiger partial charge on any atom is -0.506 e. The van der Waals surface area contributed by atoms with E-state index < -0.39 is 18.8 Å². The first-order valence-electron chi connectivity index (χ1n) is 6.57. The van der Waals surface area contributed by atoms with Crippen molar-refractivity contribution in [3.63, 3.8) is 0 Å². The number of hydrogen-bond donors (Lipinski definition) is 4. The first-order valence-corrected chi connectivity index (χ1v) is 6.57. The third kappa shape index (κ3) is 5.10. The molecule has 0 heterocycles. The summed E-state index contributed by atoms with van der Waals surface area (Å²) >= 11 is 0. The molecule has 2 rings (SSSR count). The zero-order valence-corrected chi connectivity index (χ0v) is 12.5. The van der Waals surface area contributed by atoms with Crippen LogP contribution in [0.4, 0.5) is 37.7 Å². The average Bonchev–Trinajstić information content (AvgIpc) is 2.52. The summed E-state index contributed by atoms with van der Waals surface area (Å²) in [6.07, 6.45) is -5.76. The van der Waals surface area contributed by atoms with E-state index in [9.17, 15) is 36.6 Å². The van der Waals surface area contributed by atoms with Crippen LogP contribution in [0.3, 0.4) is 0 Å². The molecule has 0 radical (unpaired) electrons. The van der Waals surface area contributed by atoms with Gasteiger partial charge in [0.1, 0.15) is 11.5 Å². The number of rotatable bonds is 2. The molecule has 0 aliphatic rings. The molecule has 0 aliphatic heterocycles. The first kappa shape index (κ1) is 20.3. The molecule has 0 saturated heterocycles. The van der Waals surface area contributed by atoms with E-state index >= 15 is 0 Å². The van der Waals surface area contributed by atoms with Crippen molar-refractivity contribution in [2.24, 2.45) is 0 Å². The van der Waals surface area contributed by atoms with E-state index in [0.717, 1.165) is 11.1 Å². The maximum Gasteiger partial charge on any atom is 0.456 e. The van der Waals surface area contributed by atoms with Crippen molar-refractivity contribution >= 4 is 11.4 Å². The molecule has 10 heteroatoms. The molecule has 6 N–H and O–H groups in total. The standard InChI is InChI=1S/C12H12N2O2.C3H2F6/c13-9-3-1-8(6-12(9)16)7-2-4-11(15)10(14)5-7;4-1-2(5,6)3(7,8)9/h1-6,15-16H,13-14H2;1H2. The van der Waals surface area contributed by atoms with Crippen molar-refractivity contribution in [2.75, 3.05) is 18.1 Å². The van der Waals surface area contributed by atoms with Gasteiger partial charge in [-0.15, -0.1) is 0 Å². The third-order valence-corrected chi connectivity index (χ3v) is 2.97. The van der Waals surface area contributed by atoms with Crippen molar-refractivity contribution < 1.29 is 36.6 Å². The minimum absolute atomic E-state index is 0.0316. The van der Waals surface area contributed by atoms with Gasteiger partial charge in [-0.1, -0.05) is 12.1 Å². The van der Waals surface area contributed by atoms with Crippen molar-refractivity contribution in [2.45, 2.75) is 12.1 Å². The van der Waals surface area contributed by atoms with Crippen LogP contribution in [0, 0.1) is 0 Å². The first-order chi connectivity index (χ1) is 11.4. The highest BCUT2D eigenvalue weighted by Gasteiger charge is 2.57. The van der Waals surface area contributed by atoms with Crippen molar-refractivity contribution in [1.29, 1.82) is 0 Å². The smallest absolute Gasteiger partial charge is 0.456 e. The van der Waals surface area contributed by atoms with Crippen LogP contribution in [-0.4, -0.2) is 29.0 Å². The van der Waals surface area contributed by atoms with Crippen LogP contribution in [0.25, 0.3) is 11.1 Å². The summed E-state index contributed by atoms with van der Waals surface area (Å²) in [7, 11) is 0. The number of halogens is 6. The molecule has 2 aromatic carbocycles. The minimum atomic E-state index is -5.76. The highest BCUT2D eigenvalue weighted by Crippen LogP contribution is 2.35. The second kappa shape index (κ2) is 7.41. The van der Waals surface area contributed by atoms with Gasteiger partial charge in [0.2, 0.25) is 0 Å². The van der Waals surface area contributed by atoms with Gasteiger partial charge >= 0.3 is 12.1 Å². The van der Waals surface area contributed by atoms with Crippen LogP contribution in [0.15, 0.2) is 36.4 Å². The number of aromatic hydroxyl groups is 2. The number of alkyl halides is 6. The monoisotopic (exact) mass is 368 g/mol. The largest absolute Gasteiger partial charge is 0.506 e. The van der Waals surface area contributed by atoms with Gasteiger partial charge in [-0.3, -0.25) is 0 Å². The van der Waals surface area contributed by atoms with E-state index in [1.165, 1.54) is 6.07 Å². The van der Waals surface area contributed by atoms with Crippen molar-refractivity contribution in [1.82, 2.24) is 0 Å². The number of anilines is 2. The Hall–Kier alpha value is -2.78. The van der Waals surface area contributed by atoms with Gasteiger partial charge in [0, 0.05) is 0 Å². The molecule has 0 atom stereocenters. The van der Waals surface area contributed by atoms with E-state index in [1.54, 1.807) is 30.3 Å². The number of benzene rings is 2. The summed E-state index contributed by atoms with van der Waals surface area (Å²) in [6, 6.07) is 9.82. The molecule has 0 bridgehead atoms. The molecule has 0 aromatic heterocycles. The summed E-state index contributed by atoms with van der Waals surface area (Å²) in [6.45, 7) is -2.70. The summed E-state index contributed by atoms with van der Waals surface area (Å²) in [5, 5.41) is 18.8. The van der Waals surface area contributed by atoms with Gasteiger partial charge in [0.05, 0.1) is 11.4 Å². The molecule has 0 amide bonds. The highest BCUT2D eigenvalue weighted by molar-refractivity contribution is 5.73. The number of nitrogen functional groups attached to an aromatic ring is 2. The van der Waals surface area contributed by atoms with Crippen LogP contribution >= 0.6 is 0 Å². The molecule has 2 aromatic rings. The lowest BCUT2D eigenvalue weighted by Gasteiger charge is -2.14. The molecule has 4 nitrogen and oxygen atoms in total. The SMILES string of the molecule is FCC(F)(F)C(F)(F)F.Nc1cc(-c2ccc(N)c(O)c2)ccc1O. The molecule has 0 spiro atoms. The molecule has 25 heavy (non-hydrogen) atoms. The van der Waals surface area contributed by atoms with Crippen LogP contribution < -0.4 is 11.5 Å². The van der Waals surface area contributed by atoms with E-state index in [1.807, 2.05) is 0 Å². The predicted molar refractivity (Wildman–Crippen MR) is 81.0 cm³/mol. The summed E-state index contributed by atoms with van der Waals surface area (Å²) in [4.78, 5) is 0. The zero-order valence-electron chi connectivity index (χ0n) is 12.5. The van der Waals surface area contributed by atoms with Gasteiger partial charge in [0.15, 0.2) is 6.67 Å². The fourth-order valence-electron chi connectivity index (χ4n) is 1.53. The quantitative estimate of drug-likeness (QED) is 0.365. The van der Waals surface area contributed by atoms with E-state index in [2.05, 4.69) is 0 Å². The van der Waals surface area contributed by atoms with Gasteiger partial charge in [-0.25, -0.2) is 4.39 Å². The van der Waals surface area contributed by atoms with Crippen LogP contribution in [-0.2, 0) is 0 Å². The molecular weight excluding hydrogens is 354 g/mol. The second-order valence-electron chi connectivity index (χ2n) is 4.88. The lowest BCUT2D eigenvalue weighted by Crippen LogP contribution is -2.38. The fourth-order valence-corrected chi connectivity index (χ4v) is 1.53. The zero-order chi connectivity index (χ0) is 19.4. The van der Waals surface area contributed by atoms with Crippen LogP contribution in [0.1, 0.15) is 0 Å². The Kier molecular flexibility index (Phi) is 6.01. The number of phenols is 2. The Bertz CT molecular complexity index is 685. The molecular formula is C15H14F6N2O2. The predicted octanol–water partition coefficient (Wildman–Crippen LogP) is 4.08. The summed E-state index contributed by atoms with van der Waals surface area (Å²) < 4.78 is 65.6. The van der Waals surface area contributed by atoms with E-state index in [4.69, 9.17) is 11.5 Å². The van der Waals surface area contributed by atoms with Gasteiger partial charge in [-0.05, 0) is 35.4 Å². The second-order valence-corrected chi connectivity index (χ2v) is 4.88. The Balaban J connectivity index is 0.000000299. The van der Waals surface area contributed by atoms with Crippen molar-refractivity contribution in [3.8, 4) is 22.6 Å². The lowest BCUT2D eigenvalue weighted by atomic mass is 10.0. The topological polar surface area (TPSA) is 92.5 Å². The molecule has 0 unspecified atom stereocenters. The Morgan fingerprint density at radius 1 is 0.760 bits per heavy atom. The van der Waals surface area contributed by atoms with Gasteiger partial charge in [0.25, 0.3) is 0 Å². The molecule has 0 saturated carbocycles.